The van der Waals surface area contributed by atoms with E-state index in [9.17, 15) is 8.42 Å². The Morgan fingerprint density at radius 1 is 1.12 bits per heavy atom. The molecule has 0 unspecified atom stereocenters. The van der Waals surface area contributed by atoms with Crippen LogP contribution in [-0.4, -0.2) is 33.9 Å². The maximum Gasteiger partial charge on any atom is 0.303 e. The highest BCUT2D eigenvalue weighted by Crippen LogP contribution is 2.17. The summed E-state index contributed by atoms with van der Waals surface area (Å²) in [5, 5.41) is 0. The van der Waals surface area contributed by atoms with E-state index in [0.29, 0.717) is 12.2 Å². The van der Waals surface area contributed by atoms with Gasteiger partial charge in [-0.25, -0.2) is 0 Å². The summed E-state index contributed by atoms with van der Waals surface area (Å²) in [5.41, 5.74) is 7.06. The van der Waals surface area contributed by atoms with Crippen molar-refractivity contribution in [2.24, 2.45) is 5.73 Å². The van der Waals surface area contributed by atoms with Gasteiger partial charge in [0.05, 0.1) is 5.69 Å². The topological polar surface area (TPSA) is 66.6 Å². The number of nitrogens with zero attached hydrogens (tertiary/aromatic N) is 2. The van der Waals surface area contributed by atoms with Crippen LogP contribution >= 0.6 is 0 Å². The van der Waals surface area contributed by atoms with Crippen molar-refractivity contribution in [3.8, 4) is 0 Å². The van der Waals surface area contributed by atoms with Crippen LogP contribution in [-0.2, 0) is 16.8 Å². The fraction of sp³-hybridized carbons (Fsp3) is 0.400. The number of anilines is 1. The van der Waals surface area contributed by atoms with E-state index in [4.69, 9.17) is 5.73 Å². The highest BCUT2D eigenvalue weighted by Gasteiger charge is 2.20. The van der Waals surface area contributed by atoms with Crippen molar-refractivity contribution >= 4 is 15.9 Å². The molecular weight excluding hydrogens is 226 g/mol. The quantitative estimate of drug-likeness (QED) is 0.831. The van der Waals surface area contributed by atoms with E-state index in [1.807, 2.05) is 12.1 Å². The van der Waals surface area contributed by atoms with Crippen molar-refractivity contribution in [1.29, 1.82) is 0 Å². The highest BCUT2D eigenvalue weighted by atomic mass is 32.2. The molecule has 0 aliphatic carbocycles. The summed E-state index contributed by atoms with van der Waals surface area (Å²) in [6.45, 7) is 0.449. The van der Waals surface area contributed by atoms with Gasteiger partial charge in [0.1, 0.15) is 0 Å². The van der Waals surface area contributed by atoms with Crippen LogP contribution < -0.4 is 10.0 Å². The summed E-state index contributed by atoms with van der Waals surface area (Å²) in [6, 6.07) is 7.11. The molecule has 90 valence electrons. The molecule has 2 N–H and O–H groups in total. The first-order chi connectivity index (χ1) is 7.39. The van der Waals surface area contributed by atoms with Gasteiger partial charge in [0.15, 0.2) is 0 Å². The molecule has 0 spiro atoms. The van der Waals surface area contributed by atoms with Gasteiger partial charge in [-0.2, -0.15) is 12.7 Å². The Kier molecular flexibility index (Phi) is 3.90. The molecule has 16 heavy (non-hydrogen) atoms. The van der Waals surface area contributed by atoms with Gasteiger partial charge in [-0.15, -0.1) is 0 Å². The van der Waals surface area contributed by atoms with Crippen molar-refractivity contribution in [1.82, 2.24) is 4.31 Å². The Hall–Kier alpha value is -1.11. The van der Waals surface area contributed by atoms with Gasteiger partial charge in [0.2, 0.25) is 0 Å². The van der Waals surface area contributed by atoms with Crippen molar-refractivity contribution in [3.05, 3.63) is 29.8 Å². The predicted molar refractivity (Wildman–Crippen MR) is 65.3 cm³/mol. The maximum absolute atomic E-state index is 11.8. The van der Waals surface area contributed by atoms with E-state index in [0.717, 1.165) is 5.56 Å². The lowest BCUT2D eigenvalue weighted by Crippen LogP contribution is -2.37. The third-order valence-electron chi connectivity index (χ3n) is 2.34. The average Bonchev–Trinajstić information content (AvgIpc) is 2.28. The van der Waals surface area contributed by atoms with Crippen LogP contribution in [0.5, 0.6) is 0 Å². The van der Waals surface area contributed by atoms with Crippen LogP contribution in [0, 0.1) is 0 Å². The molecule has 0 radical (unpaired) electrons. The van der Waals surface area contributed by atoms with Crippen LogP contribution in [0.3, 0.4) is 0 Å². The van der Waals surface area contributed by atoms with E-state index >= 15 is 0 Å². The van der Waals surface area contributed by atoms with Crippen molar-refractivity contribution in [2.45, 2.75) is 6.54 Å². The molecule has 0 heterocycles. The van der Waals surface area contributed by atoms with Crippen LogP contribution in [0.1, 0.15) is 5.56 Å². The molecule has 5 nitrogen and oxygen atoms in total. The third kappa shape index (κ3) is 2.52. The number of hydrogen-bond acceptors (Lipinski definition) is 3. The van der Waals surface area contributed by atoms with Gasteiger partial charge in [-0.1, -0.05) is 12.1 Å². The largest absolute Gasteiger partial charge is 0.326 e. The van der Waals surface area contributed by atoms with Gasteiger partial charge < -0.3 is 5.73 Å². The normalized spacial score (nSPS) is 11.8. The zero-order chi connectivity index (χ0) is 12.3. The first kappa shape index (κ1) is 13.0. The average molecular weight is 243 g/mol. The van der Waals surface area contributed by atoms with Crippen molar-refractivity contribution in [3.63, 3.8) is 0 Å². The first-order valence-electron chi connectivity index (χ1n) is 4.85. The van der Waals surface area contributed by atoms with Gasteiger partial charge >= 0.3 is 10.2 Å². The minimum atomic E-state index is -3.41. The second-order valence-electron chi connectivity index (χ2n) is 3.63. The molecule has 0 aliphatic heterocycles. The molecule has 0 aromatic heterocycles. The van der Waals surface area contributed by atoms with Crippen LogP contribution in [0.4, 0.5) is 5.69 Å². The standard InChI is InChI=1S/C10H17N3O2S/c1-12(2)16(14,15)13(3)10-6-4-9(8-11)5-7-10/h4-7H,8,11H2,1-3H3. The van der Waals surface area contributed by atoms with E-state index in [1.165, 1.54) is 29.8 Å². The third-order valence-corrected chi connectivity index (χ3v) is 4.17. The molecule has 0 saturated heterocycles. The van der Waals surface area contributed by atoms with E-state index < -0.39 is 10.2 Å². The lowest BCUT2D eigenvalue weighted by atomic mass is 10.2. The number of hydrogen-bond donors (Lipinski definition) is 1. The molecule has 1 rings (SSSR count). The first-order valence-corrected chi connectivity index (χ1v) is 6.24. The van der Waals surface area contributed by atoms with E-state index in [2.05, 4.69) is 0 Å². The minimum Gasteiger partial charge on any atom is -0.326 e. The highest BCUT2D eigenvalue weighted by molar-refractivity contribution is 7.90. The fourth-order valence-electron chi connectivity index (χ4n) is 1.22. The second-order valence-corrected chi connectivity index (χ2v) is 5.80. The number of rotatable bonds is 4. The van der Waals surface area contributed by atoms with E-state index in [-0.39, 0.29) is 0 Å². The molecule has 0 aliphatic rings. The molecule has 0 fully saturated rings. The number of nitrogens with two attached hydrogens (primary N) is 1. The smallest absolute Gasteiger partial charge is 0.303 e. The van der Waals surface area contributed by atoms with E-state index in [1.54, 1.807) is 12.1 Å². The second kappa shape index (κ2) is 4.82. The van der Waals surface area contributed by atoms with Gasteiger partial charge in [0, 0.05) is 27.7 Å². The lowest BCUT2D eigenvalue weighted by Gasteiger charge is -2.23. The Balaban J connectivity index is 3.01. The van der Waals surface area contributed by atoms with Gasteiger partial charge in [-0.05, 0) is 17.7 Å². The maximum atomic E-state index is 11.8. The summed E-state index contributed by atoms with van der Waals surface area (Å²) >= 11 is 0. The van der Waals surface area contributed by atoms with Crippen LogP contribution in [0.15, 0.2) is 24.3 Å². The molecule has 0 amide bonds. The Labute approximate surface area is 96.6 Å². The molecule has 0 saturated carbocycles. The van der Waals surface area contributed by atoms with Crippen molar-refractivity contribution < 1.29 is 8.42 Å². The molecule has 1 aromatic rings. The minimum absolute atomic E-state index is 0.449. The summed E-state index contributed by atoms with van der Waals surface area (Å²) in [7, 11) is 1.11. The summed E-state index contributed by atoms with van der Waals surface area (Å²) in [4.78, 5) is 0. The van der Waals surface area contributed by atoms with Gasteiger partial charge in [-0.3, -0.25) is 4.31 Å². The van der Waals surface area contributed by atoms with Crippen molar-refractivity contribution in [2.75, 3.05) is 25.4 Å². The molecule has 0 atom stereocenters. The summed E-state index contributed by atoms with van der Waals surface area (Å²) in [6.07, 6.45) is 0. The molecule has 0 bridgehead atoms. The Bertz CT molecular complexity index is 440. The zero-order valence-electron chi connectivity index (χ0n) is 9.71. The monoisotopic (exact) mass is 243 g/mol. The molecule has 6 heteroatoms. The van der Waals surface area contributed by atoms with Crippen LogP contribution in [0.2, 0.25) is 0 Å². The predicted octanol–water partition coefficient (Wildman–Crippen LogP) is 0.388. The molecule has 1 aromatic carbocycles. The van der Waals surface area contributed by atoms with Gasteiger partial charge in [0.25, 0.3) is 0 Å². The Morgan fingerprint density at radius 3 is 2.00 bits per heavy atom. The Morgan fingerprint density at radius 2 is 1.62 bits per heavy atom. The molecular formula is C10H17N3O2S. The number of benzene rings is 1. The van der Waals surface area contributed by atoms with Crippen LogP contribution in [0.25, 0.3) is 0 Å². The zero-order valence-corrected chi connectivity index (χ0v) is 10.5. The summed E-state index contributed by atoms with van der Waals surface area (Å²) < 4.78 is 26.0. The summed E-state index contributed by atoms with van der Waals surface area (Å²) in [5.74, 6) is 0. The SMILES string of the molecule is CN(C)S(=O)(=O)N(C)c1ccc(CN)cc1. The lowest BCUT2D eigenvalue weighted by molar-refractivity contribution is 0.519. The fourth-order valence-corrected chi connectivity index (χ4v) is 2.10.